The molecule has 0 bridgehead atoms. The molecule has 1 aromatic rings. The molecule has 0 aliphatic heterocycles. The van der Waals surface area contributed by atoms with Crippen molar-refractivity contribution in [3.05, 3.63) is 29.3 Å². The second-order valence-electron chi connectivity index (χ2n) is 3.98. The fraction of sp³-hybridized carbons (Fsp3) is 0.417. The Morgan fingerprint density at radius 1 is 1.37 bits per heavy atom. The topological polar surface area (TPSA) is 77.8 Å². The summed E-state index contributed by atoms with van der Waals surface area (Å²) < 4.78 is 25.9. The number of aromatic hydroxyl groups is 1. The van der Waals surface area contributed by atoms with Crippen molar-refractivity contribution in [1.29, 1.82) is 0 Å². The molecule has 2 atom stereocenters. The highest BCUT2D eigenvalue weighted by atomic mass is 32.2. The van der Waals surface area contributed by atoms with Gasteiger partial charge in [-0.05, 0) is 24.1 Å². The van der Waals surface area contributed by atoms with Crippen LogP contribution in [0.3, 0.4) is 0 Å². The van der Waals surface area contributed by atoms with Crippen LogP contribution >= 0.6 is 11.8 Å². The van der Waals surface area contributed by atoms with E-state index in [0.29, 0.717) is 11.8 Å². The number of aliphatic hydroxyl groups is 2. The van der Waals surface area contributed by atoms with Gasteiger partial charge >= 0.3 is 0 Å². The molecule has 0 aliphatic carbocycles. The van der Waals surface area contributed by atoms with Gasteiger partial charge in [0.25, 0.3) is 0 Å². The summed E-state index contributed by atoms with van der Waals surface area (Å²) in [4.78, 5) is 10.7. The maximum absolute atomic E-state index is 13.0. The second-order valence-corrected chi connectivity index (χ2v) is 5.25. The van der Waals surface area contributed by atoms with Crippen molar-refractivity contribution in [2.75, 3.05) is 5.75 Å². The lowest BCUT2D eigenvalue weighted by atomic mass is 10.0. The Bertz CT molecular complexity index is 444. The molecule has 0 aromatic heterocycles. The van der Waals surface area contributed by atoms with Crippen LogP contribution in [0.4, 0.5) is 8.78 Å². The molecule has 0 aliphatic rings. The lowest BCUT2D eigenvalue weighted by Gasteiger charge is -2.18. The molecule has 106 valence electrons. The number of carbonyl (C=O) groups is 1. The van der Waals surface area contributed by atoms with Gasteiger partial charge in [-0.25, -0.2) is 4.39 Å². The zero-order valence-corrected chi connectivity index (χ0v) is 11.0. The Morgan fingerprint density at radius 3 is 2.53 bits per heavy atom. The number of aliphatic hydroxyl groups excluding tert-OH is 2. The van der Waals surface area contributed by atoms with Gasteiger partial charge in [0.2, 0.25) is 0 Å². The van der Waals surface area contributed by atoms with Gasteiger partial charge in [-0.3, -0.25) is 4.79 Å². The molecule has 4 nitrogen and oxygen atoms in total. The third-order valence-corrected chi connectivity index (χ3v) is 3.30. The summed E-state index contributed by atoms with van der Waals surface area (Å²) in [5, 5.41) is 28.4. The summed E-state index contributed by atoms with van der Waals surface area (Å²) in [6, 6.07) is 1.56. The Balaban J connectivity index is 2.71. The number of hydrogen-bond donors (Lipinski definition) is 3. The molecule has 3 N–H and O–H groups in total. The number of phenolic OH excluding ortho intramolecular Hbond substituents is 1. The third kappa shape index (κ3) is 4.45. The molecule has 0 fully saturated rings. The Morgan fingerprint density at radius 2 is 2.00 bits per heavy atom. The standard InChI is InChI=1S/C12H14F2O4S/c1-6(15)19-3-2-9(16)12(18)7-4-8(13)11(14)10(17)5-7/h4-5,9,12,16-18H,2-3H2,1H3. The molecular formula is C12H14F2O4S. The normalized spacial score (nSPS) is 14.2. The van der Waals surface area contributed by atoms with Crippen molar-refractivity contribution >= 4 is 16.9 Å². The fourth-order valence-electron chi connectivity index (χ4n) is 1.47. The summed E-state index contributed by atoms with van der Waals surface area (Å²) in [7, 11) is 0. The average Bonchev–Trinajstić information content (AvgIpc) is 2.33. The highest BCUT2D eigenvalue weighted by Crippen LogP contribution is 2.27. The Kier molecular flexibility index (Phi) is 5.71. The molecular weight excluding hydrogens is 278 g/mol. The van der Waals surface area contributed by atoms with Gasteiger partial charge in [0.05, 0.1) is 6.10 Å². The van der Waals surface area contributed by atoms with Gasteiger partial charge in [-0.2, -0.15) is 4.39 Å². The van der Waals surface area contributed by atoms with Crippen molar-refractivity contribution in [3.63, 3.8) is 0 Å². The molecule has 0 heterocycles. The first-order valence-electron chi connectivity index (χ1n) is 5.50. The molecule has 0 radical (unpaired) electrons. The van der Waals surface area contributed by atoms with Crippen LogP contribution in [0.5, 0.6) is 5.75 Å². The number of thioether (sulfide) groups is 1. The SMILES string of the molecule is CC(=O)SCCC(O)C(O)c1cc(O)c(F)c(F)c1. The predicted molar refractivity (Wildman–Crippen MR) is 66.7 cm³/mol. The van der Waals surface area contributed by atoms with Crippen LogP contribution in [0.1, 0.15) is 25.0 Å². The van der Waals surface area contributed by atoms with Gasteiger partial charge in [-0.15, -0.1) is 0 Å². The minimum Gasteiger partial charge on any atom is -0.505 e. The number of phenols is 1. The van der Waals surface area contributed by atoms with E-state index >= 15 is 0 Å². The molecule has 0 saturated carbocycles. The largest absolute Gasteiger partial charge is 0.505 e. The lowest BCUT2D eigenvalue weighted by Crippen LogP contribution is -2.19. The predicted octanol–water partition coefficient (Wildman–Crippen LogP) is 1.73. The summed E-state index contributed by atoms with van der Waals surface area (Å²) >= 11 is 0.987. The first-order valence-corrected chi connectivity index (χ1v) is 6.49. The smallest absolute Gasteiger partial charge is 0.200 e. The number of halogens is 2. The van der Waals surface area contributed by atoms with E-state index in [1.165, 1.54) is 6.92 Å². The van der Waals surface area contributed by atoms with E-state index in [2.05, 4.69) is 0 Å². The third-order valence-electron chi connectivity index (χ3n) is 2.46. The van der Waals surface area contributed by atoms with E-state index in [1.54, 1.807) is 0 Å². The van der Waals surface area contributed by atoms with E-state index in [4.69, 9.17) is 5.11 Å². The lowest BCUT2D eigenvalue weighted by molar-refractivity contribution is -0.109. The summed E-state index contributed by atoms with van der Waals surface area (Å²) in [6.07, 6.45) is -2.60. The quantitative estimate of drug-likeness (QED) is 0.770. The van der Waals surface area contributed by atoms with Crippen LogP contribution in [0.15, 0.2) is 12.1 Å². The summed E-state index contributed by atoms with van der Waals surface area (Å²) in [6.45, 7) is 1.38. The zero-order valence-electron chi connectivity index (χ0n) is 10.1. The van der Waals surface area contributed by atoms with Gasteiger partial charge in [0.1, 0.15) is 6.10 Å². The van der Waals surface area contributed by atoms with Crippen LogP contribution in [-0.2, 0) is 4.79 Å². The van der Waals surface area contributed by atoms with Crippen LogP contribution in [0.2, 0.25) is 0 Å². The number of benzene rings is 1. The van der Waals surface area contributed by atoms with Crippen LogP contribution < -0.4 is 0 Å². The van der Waals surface area contributed by atoms with E-state index in [-0.39, 0.29) is 17.1 Å². The summed E-state index contributed by atoms with van der Waals surface area (Å²) in [5.41, 5.74) is -0.128. The minimum atomic E-state index is -1.46. The van der Waals surface area contributed by atoms with E-state index in [0.717, 1.165) is 17.8 Å². The molecule has 0 spiro atoms. The highest BCUT2D eigenvalue weighted by Gasteiger charge is 2.21. The van der Waals surface area contributed by atoms with Crippen LogP contribution in [0.25, 0.3) is 0 Å². The van der Waals surface area contributed by atoms with Gasteiger partial charge in [-0.1, -0.05) is 11.8 Å². The van der Waals surface area contributed by atoms with Crippen LogP contribution in [0, 0.1) is 11.6 Å². The first kappa shape index (κ1) is 15.9. The molecule has 0 amide bonds. The van der Waals surface area contributed by atoms with Crippen molar-refractivity contribution in [2.45, 2.75) is 25.6 Å². The van der Waals surface area contributed by atoms with Gasteiger partial charge in [0, 0.05) is 12.7 Å². The van der Waals surface area contributed by atoms with Crippen molar-refractivity contribution in [3.8, 4) is 5.75 Å². The summed E-state index contributed by atoms with van der Waals surface area (Å²) in [5.74, 6) is -3.35. The van der Waals surface area contributed by atoms with E-state index in [9.17, 15) is 23.8 Å². The van der Waals surface area contributed by atoms with Gasteiger partial charge in [0.15, 0.2) is 22.5 Å². The molecule has 0 saturated heterocycles. The van der Waals surface area contributed by atoms with Crippen molar-refractivity contribution in [1.82, 2.24) is 0 Å². The van der Waals surface area contributed by atoms with Gasteiger partial charge < -0.3 is 15.3 Å². The molecule has 19 heavy (non-hydrogen) atoms. The minimum absolute atomic E-state index is 0.102. The Labute approximate surface area is 113 Å². The number of hydrogen-bond acceptors (Lipinski definition) is 5. The highest BCUT2D eigenvalue weighted by molar-refractivity contribution is 8.13. The first-order chi connectivity index (χ1) is 8.82. The van der Waals surface area contributed by atoms with E-state index in [1.807, 2.05) is 0 Å². The monoisotopic (exact) mass is 292 g/mol. The number of carbonyl (C=O) groups excluding carboxylic acids is 1. The fourth-order valence-corrected chi connectivity index (χ4v) is 2.12. The molecule has 1 aromatic carbocycles. The van der Waals surface area contributed by atoms with E-state index < -0.39 is 29.6 Å². The molecule has 2 unspecified atom stereocenters. The maximum Gasteiger partial charge on any atom is 0.200 e. The van der Waals surface area contributed by atoms with Crippen molar-refractivity contribution < 1.29 is 28.9 Å². The number of rotatable bonds is 5. The zero-order chi connectivity index (χ0) is 14.6. The molecule has 7 heteroatoms. The Hall–Kier alpha value is -1.18. The molecule has 1 rings (SSSR count). The second kappa shape index (κ2) is 6.83. The average molecular weight is 292 g/mol. The van der Waals surface area contributed by atoms with Crippen LogP contribution in [-0.4, -0.2) is 32.3 Å². The maximum atomic E-state index is 13.0. The van der Waals surface area contributed by atoms with Crippen molar-refractivity contribution in [2.24, 2.45) is 0 Å².